The minimum Gasteiger partial charge on any atom is -0.481 e. The van der Waals surface area contributed by atoms with Gasteiger partial charge in [-0.25, -0.2) is 0 Å². The van der Waals surface area contributed by atoms with E-state index in [1.54, 1.807) is 11.3 Å². The highest BCUT2D eigenvalue weighted by molar-refractivity contribution is 7.10. The molecule has 0 radical (unpaired) electrons. The van der Waals surface area contributed by atoms with Gasteiger partial charge in [-0.1, -0.05) is 26.8 Å². The minimum absolute atomic E-state index is 0.114. The summed E-state index contributed by atoms with van der Waals surface area (Å²) in [6.07, 6.45) is 1.27. The molecule has 21 heavy (non-hydrogen) atoms. The molecular formula is C16H23NO3S. The van der Waals surface area contributed by atoms with Crippen LogP contribution in [0.5, 0.6) is 0 Å². The summed E-state index contributed by atoms with van der Waals surface area (Å²) in [6.45, 7) is 6.72. The maximum absolute atomic E-state index is 12.4. The fourth-order valence-corrected chi connectivity index (χ4v) is 3.90. The number of amides is 1. The van der Waals surface area contributed by atoms with Crippen LogP contribution in [0, 0.1) is 17.8 Å². The predicted octanol–water partition coefficient (Wildman–Crippen LogP) is 2.89. The highest BCUT2D eigenvalue weighted by atomic mass is 32.1. The van der Waals surface area contributed by atoms with Crippen LogP contribution in [0.2, 0.25) is 0 Å². The fraction of sp³-hybridized carbons (Fsp3) is 0.625. The van der Waals surface area contributed by atoms with E-state index in [0.717, 1.165) is 0 Å². The molecule has 1 aliphatic carbocycles. The summed E-state index contributed by atoms with van der Waals surface area (Å²) < 4.78 is 0. The van der Waals surface area contributed by atoms with Crippen molar-refractivity contribution in [2.75, 3.05) is 6.54 Å². The van der Waals surface area contributed by atoms with Gasteiger partial charge in [0, 0.05) is 16.8 Å². The van der Waals surface area contributed by atoms with Crippen molar-refractivity contribution in [3.8, 4) is 0 Å². The lowest BCUT2D eigenvalue weighted by Crippen LogP contribution is -2.41. The van der Waals surface area contributed by atoms with Crippen molar-refractivity contribution in [3.63, 3.8) is 0 Å². The average Bonchev–Trinajstić information content (AvgIpc) is 3.05. The molecule has 2 N–H and O–H groups in total. The summed E-state index contributed by atoms with van der Waals surface area (Å²) in [6, 6.07) is 4.07. The summed E-state index contributed by atoms with van der Waals surface area (Å²) in [5.74, 6) is -1.60. The lowest BCUT2D eigenvalue weighted by atomic mass is 9.90. The Hall–Kier alpha value is -1.36. The van der Waals surface area contributed by atoms with E-state index < -0.39 is 17.8 Å². The van der Waals surface area contributed by atoms with E-state index in [2.05, 4.69) is 25.2 Å². The third-order valence-corrected chi connectivity index (χ3v) is 5.58. The molecule has 3 atom stereocenters. The standard InChI is InChI=1S/C16H23NO3S/c1-10-7-11(12(8-10)15(19)20)14(18)17-9-16(2,3)13-5-4-6-21-13/h4-6,10-12H,7-9H2,1-3H3,(H,17,18)(H,19,20). The number of hydrogen-bond donors (Lipinski definition) is 2. The van der Waals surface area contributed by atoms with Gasteiger partial charge in [-0.2, -0.15) is 0 Å². The van der Waals surface area contributed by atoms with Gasteiger partial charge >= 0.3 is 5.97 Å². The van der Waals surface area contributed by atoms with E-state index in [0.29, 0.717) is 25.3 Å². The molecule has 0 saturated heterocycles. The van der Waals surface area contributed by atoms with E-state index >= 15 is 0 Å². The number of aliphatic carboxylic acids is 1. The SMILES string of the molecule is CC1CC(C(=O)O)C(C(=O)NCC(C)(C)c2cccs2)C1. The topological polar surface area (TPSA) is 66.4 Å². The zero-order valence-corrected chi connectivity index (χ0v) is 13.6. The van der Waals surface area contributed by atoms with Gasteiger partial charge in [0.25, 0.3) is 0 Å². The van der Waals surface area contributed by atoms with Crippen molar-refractivity contribution in [1.29, 1.82) is 0 Å². The Bertz CT molecular complexity index is 510. The minimum atomic E-state index is -0.850. The molecule has 1 aromatic heterocycles. The quantitative estimate of drug-likeness (QED) is 0.879. The third kappa shape index (κ3) is 3.64. The van der Waals surface area contributed by atoms with Gasteiger partial charge in [-0.15, -0.1) is 11.3 Å². The maximum atomic E-state index is 12.4. The lowest BCUT2D eigenvalue weighted by Gasteiger charge is -2.25. The molecule has 1 fully saturated rings. The van der Waals surface area contributed by atoms with Crippen LogP contribution in [0.4, 0.5) is 0 Å². The van der Waals surface area contributed by atoms with Crippen molar-refractivity contribution in [2.24, 2.45) is 17.8 Å². The zero-order valence-electron chi connectivity index (χ0n) is 12.8. The molecule has 0 bridgehead atoms. The third-order valence-electron chi connectivity index (χ3n) is 4.35. The van der Waals surface area contributed by atoms with Crippen molar-refractivity contribution in [3.05, 3.63) is 22.4 Å². The second-order valence-corrected chi connectivity index (χ2v) is 7.65. The van der Waals surface area contributed by atoms with Crippen molar-refractivity contribution >= 4 is 23.2 Å². The van der Waals surface area contributed by atoms with E-state index in [4.69, 9.17) is 0 Å². The Kier molecular flexibility index (Phi) is 4.71. The highest BCUT2D eigenvalue weighted by Gasteiger charge is 2.41. The van der Waals surface area contributed by atoms with Crippen LogP contribution >= 0.6 is 11.3 Å². The molecule has 116 valence electrons. The predicted molar refractivity (Wildman–Crippen MR) is 83.4 cm³/mol. The summed E-state index contributed by atoms with van der Waals surface area (Å²) >= 11 is 1.67. The molecule has 1 saturated carbocycles. The molecule has 1 heterocycles. The summed E-state index contributed by atoms with van der Waals surface area (Å²) in [4.78, 5) is 24.8. The van der Waals surface area contributed by atoms with Crippen LogP contribution in [-0.4, -0.2) is 23.5 Å². The van der Waals surface area contributed by atoms with Crippen LogP contribution in [0.3, 0.4) is 0 Å². The molecule has 1 aliphatic rings. The molecule has 1 amide bonds. The largest absolute Gasteiger partial charge is 0.481 e. The summed E-state index contributed by atoms with van der Waals surface area (Å²) in [7, 11) is 0. The van der Waals surface area contributed by atoms with Crippen LogP contribution in [0.15, 0.2) is 17.5 Å². The van der Waals surface area contributed by atoms with Crippen molar-refractivity contribution in [2.45, 2.75) is 39.0 Å². The number of carbonyl (C=O) groups excluding carboxylic acids is 1. The number of hydrogen-bond acceptors (Lipinski definition) is 3. The Labute approximate surface area is 129 Å². The van der Waals surface area contributed by atoms with E-state index in [1.165, 1.54) is 4.88 Å². The molecule has 0 aliphatic heterocycles. The molecular weight excluding hydrogens is 286 g/mol. The van der Waals surface area contributed by atoms with Crippen LogP contribution < -0.4 is 5.32 Å². The van der Waals surface area contributed by atoms with Crippen LogP contribution in [-0.2, 0) is 15.0 Å². The second-order valence-electron chi connectivity index (χ2n) is 6.71. The first-order valence-corrected chi connectivity index (χ1v) is 8.23. The Morgan fingerprint density at radius 1 is 1.38 bits per heavy atom. The van der Waals surface area contributed by atoms with Gasteiger partial charge in [0.2, 0.25) is 5.91 Å². The second kappa shape index (κ2) is 6.18. The van der Waals surface area contributed by atoms with Gasteiger partial charge in [0.15, 0.2) is 0 Å². The molecule has 3 unspecified atom stereocenters. The smallest absolute Gasteiger partial charge is 0.307 e. The fourth-order valence-electron chi connectivity index (χ4n) is 3.04. The Balaban J connectivity index is 1.97. The normalized spacial score (nSPS) is 25.8. The summed E-state index contributed by atoms with van der Waals surface area (Å²) in [5.41, 5.74) is -0.132. The maximum Gasteiger partial charge on any atom is 0.307 e. The van der Waals surface area contributed by atoms with E-state index in [1.807, 2.05) is 18.4 Å². The zero-order chi connectivity index (χ0) is 15.6. The molecule has 0 spiro atoms. The first-order valence-electron chi connectivity index (χ1n) is 7.36. The Morgan fingerprint density at radius 2 is 2.05 bits per heavy atom. The van der Waals surface area contributed by atoms with Gasteiger partial charge in [0.05, 0.1) is 11.8 Å². The number of carboxylic acids is 1. The van der Waals surface area contributed by atoms with E-state index in [9.17, 15) is 14.7 Å². The molecule has 4 nitrogen and oxygen atoms in total. The number of carboxylic acid groups (broad SMARTS) is 1. The first-order chi connectivity index (χ1) is 9.81. The number of carbonyl (C=O) groups is 2. The van der Waals surface area contributed by atoms with Crippen molar-refractivity contribution in [1.82, 2.24) is 5.32 Å². The van der Waals surface area contributed by atoms with Crippen LogP contribution in [0.1, 0.15) is 38.5 Å². The molecule has 0 aromatic carbocycles. The molecule has 1 aromatic rings. The monoisotopic (exact) mass is 309 g/mol. The van der Waals surface area contributed by atoms with Gasteiger partial charge < -0.3 is 10.4 Å². The van der Waals surface area contributed by atoms with Gasteiger partial charge in [-0.05, 0) is 30.2 Å². The first kappa shape index (κ1) is 16.0. The number of nitrogens with one attached hydrogen (secondary N) is 1. The number of thiophene rings is 1. The molecule has 2 rings (SSSR count). The molecule has 5 heteroatoms. The van der Waals surface area contributed by atoms with Gasteiger partial charge in [-0.3, -0.25) is 9.59 Å². The van der Waals surface area contributed by atoms with Gasteiger partial charge in [0.1, 0.15) is 0 Å². The summed E-state index contributed by atoms with van der Waals surface area (Å²) in [5, 5.41) is 14.2. The average molecular weight is 309 g/mol. The Morgan fingerprint density at radius 3 is 2.62 bits per heavy atom. The van der Waals surface area contributed by atoms with Crippen molar-refractivity contribution < 1.29 is 14.7 Å². The van der Waals surface area contributed by atoms with Crippen LogP contribution in [0.25, 0.3) is 0 Å². The number of rotatable bonds is 5. The van der Waals surface area contributed by atoms with E-state index in [-0.39, 0.29) is 11.3 Å². The highest BCUT2D eigenvalue weighted by Crippen LogP contribution is 2.36. The lowest BCUT2D eigenvalue weighted by molar-refractivity contribution is -0.146.